The molecule has 0 amide bonds. The second kappa shape index (κ2) is 5.40. The summed E-state index contributed by atoms with van der Waals surface area (Å²) >= 11 is 0. The molecule has 2 N–H and O–H groups in total. The highest BCUT2D eigenvalue weighted by Crippen LogP contribution is 2.25. The molecule has 5 heteroatoms. The average Bonchev–Trinajstić information content (AvgIpc) is 2.23. The van der Waals surface area contributed by atoms with Crippen molar-refractivity contribution < 1.29 is 13.5 Å². The molecule has 0 aliphatic heterocycles. The van der Waals surface area contributed by atoms with Gasteiger partial charge in [0.05, 0.1) is 11.4 Å². The van der Waals surface area contributed by atoms with Crippen molar-refractivity contribution in [3.63, 3.8) is 0 Å². The number of hydrogen-bond acceptors (Lipinski definition) is 3. The smallest absolute Gasteiger partial charge is 0.232 e. The molecular formula is C12H19NO3S. The van der Waals surface area contributed by atoms with Gasteiger partial charge in [0.1, 0.15) is 5.75 Å². The maximum Gasteiger partial charge on any atom is 0.232 e. The number of aromatic hydroxyl groups is 1. The summed E-state index contributed by atoms with van der Waals surface area (Å²) in [5, 5.41) is 9.49. The van der Waals surface area contributed by atoms with Crippen molar-refractivity contribution in [2.45, 2.75) is 33.6 Å². The Bertz CT molecular complexity index is 495. The lowest BCUT2D eigenvalue weighted by molar-refractivity contribution is 0.471. The summed E-state index contributed by atoms with van der Waals surface area (Å²) in [6.07, 6.45) is 1.49. The van der Waals surface area contributed by atoms with Crippen LogP contribution >= 0.6 is 0 Å². The summed E-state index contributed by atoms with van der Waals surface area (Å²) in [5.41, 5.74) is 1.91. The van der Waals surface area contributed by atoms with Gasteiger partial charge in [0.15, 0.2) is 0 Å². The summed E-state index contributed by atoms with van der Waals surface area (Å²) in [7, 11) is -3.28. The van der Waals surface area contributed by atoms with E-state index in [2.05, 4.69) is 4.72 Å². The number of anilines is 1. The van der Waals surface area contributed by atoms with Crippen LogP contribution < -0.4 is 4.72 Å². The zero-order chi connectivity index (χ0) is 13.1. The van der Waals surface area contributed by atoms with E-state index in [4.69, 9.17) is 0 Å². The SMILES string of the molecule is CCCCS(=O)(=O)Nc1cc(C)c(O)cc1C. The van der Waals surface area contributed by atoms with Crippen molar-refractivity contribution in [3.8, 4) is 5.75 Å². The summed E-state index contributed by atoms with van der Waals surface area (Å²) < 4.78 is 26.0. The van der Waals surface area contributed by atoms with Crippen LogP contribution in [0.1, 0.15) is 30.9 Å². The van der Waals surface area contributed by atoms with Gasteiger partial charge in [-0.25, -0.2) is 8.42 Å². The molecule has 0 fully saturated rings. The Hall–Kier alpha value is -1.23. The summed E-state index contributed by atoms with van der Waals surface area (Å²) in [4.78, 5) is 0. The molecule has 0 heterocycles. The molecule has 0 aliphatic rings. The highest BCUT2D eigenvalue weighted by Gasteiger charge is 2.12. The van der Waals surface area contributed by atoms with Gasteiger partial charge in [-0.1, -0.05) is 13.3 Å². The van der Waals surface area contributed by atoms with E-state index in [1.54, 1.807) is 26.0 Å². The molecule has 17 heavy (non-hydrogen) atoms. The van der Waals surface area contributed by atoms with Crippen molar-refractivity contribution in [1.82, 2.24) is 0 Å². The van der Waals surface area contributed by atoms with E-state index >= 15 is 0 Å². The first-order valence-corrected chi connectivity index (χ1v) is 7.31. The quantitative estimate of drug-likeness (QED) is 0.797. The van der Waals surface area contributed by atoms with Crippen LogP contribution in [-0.4, -0.2) is 19.3 Å². The molecule has 1 aromatic carbocycles. The molecule has 96 valence electrons. The molecule has 0 unspecified atom stereocenters. The third-order valence-corrected chi connectivity index (χ3v) is 3.93. The fraction of sp³-hybridized carbons (Fsp3) is 0.500. The number of phenols is 1. The fourth-order valence-electron chi connectivity index (χ4n) is 1.46. The van der Waals surface area contributed by atoms with Crippen LogP contribution in [0.3, 0.4) is 0 Å². The first-order valence-electron chi connectivity index (χ1n) is 5.66. The highest BCUT2D eigenvalue weighted by atomic mass is 32.2. The van der Waals surface area contributed by atoms with Gasteiger partial charge < -0.3 is 5.11 Å². The third-order valence-electron chi connectivity index (χ3n) is 2.58. The molecule has 0 atom stereocenters. The Kier molecular flexibility index (Phi) is 4.40. The summed E-state index contributed by atoms with van der Waals surface area (Å²) in [5.74, 6) is 0.307. The van der Waals surface area contributed by atoms with Gasteiger partial charge in [-0.05, 0) is 43.5 Å². The topological polar surface area (TPSA) is 66.4 Å². The second-order valence-electron chi connectivity index (χ2n) is 4.23. The Labute approximate surface area is 103 Å². The predicted octanol–water partition coefficient (Wildman–Crippen LogP) is 2.55. The number of unbranched alkanes of at least 4 members (excludes halogenated alkanes) is 1. The van der Waals surface area contributed by atoms with Crippen molar-refractivity contribution in [2.24, 2.45) is 0 Å². The van der Waals surface area contributed by atoms with Gasteiger partial charge in [0.2, 0.25) is 10.0 Å². The Morgan fingerprint density at radius 2 is 1.88 bits per heavy atom. The van der Waals surface area contributed by atoms with Gasteiger partial charge in [-0.3, -0.25) is 4.72 Å². The first-order chi connectivity index (χ1) is 7.85. The fourth-order valence-corrected chi connectivity index (χ4v) is 2.79. The standard InChI is InChI=1S/C12H19NO3S/c1-4-5-6-17(15,16)13-11-7-10(3)12(14)8-9(11)2/h7-8,13-14H,4-6H2,1-3H3. The molecule has 0 bridgehead atoms. The maximum atomic E-state index is 11.7. The average molecular weight is 257 g/mol. The monoisotopic (exact) mass is 257 g/mol. The van der Waals surface area contributed by atoms with Crippen molar-refractivity contribution in [3.05, 3.63) is 23.3 Å². The lowest BCUT2D eigenvalue weighted by Gasteiger charge is -2.12. The normalized spacial score (nSPS) is 11.5. The number of rotatable bonds is 5. The van der Waals surface area contributed by atoms with E-state index < -0.39 is 10.0 Å². The summed E-state index contributed by atoms with van der Waals surface area (Å²) in [6.45, 7) is 5.45. The lowest BCUT2D eigenvalue weighted by atomic mass is 10.1. The molecule has 0 spiro atoms. The van der Waals surface area contributed by atoms with Crippen LogP contribution in [0.5, 0.6) is 5.75 Å². The minimum absolute atomic E-state index is 0.128. The zero-order valence-electron chi connectivity index (χ0n) is 10.4. The van der Waals surface area contributed by atoms with E-state index in [0.29, 0.717) is 23.2 Å². The number of benzene rings is 1. The van der Waals surface area contributed by atoms with Crippen molar-refractivity contribution >= 4 is 15.7 Å². The van der Waals surface area contributed by atoms with Crippen molar-refractivity contribution in [1.29, 1.82) is 0 Å². The first kappa shape index (κ1) is 13.8. The van der Waals surface area contributed by atoms with Gasteiger partial charge in [0.25, 0.3) is 0 Å². The largest absolute Gasteiger partial charge is 0.508 e. The van der Waals surface area contributed by atoms with Crippen LogP contribution in [0.25, 0.3) is 0 Å². The van der Waals surface area contributed by atoms with Crippen LogP contribution in [-0.2, 0) is 10.0 Å². The molecule has 0 aliphatic carbocycles. The molecule has 0 radical (unpaired) electrons. The maximum absolute atomic E-state index is 11.7. The number of sulfonamides is 1. The molecular weight excluding hydrogens is 238 g/mol. The zero-order valence-corrected chi connectivity index (χ0v) is 11.3. The molecule has 4 nitrogen and oxygen atoms in total. The minimum atomic E-state index is -3.28. The molecule has 1 rings (SSSR count). The summed E-state index contributed by atoms with van der Waals surface area (Å²) in [6, 6.07) is 3.21. The molecule has 0 aromatic heterocycles. The third kappa shape index (κ3) is 3.93. The van der Waals surface area contributed by atoms with Gasteiger partial charge in [0, 0.05) is 0 Å². The van der Waals surface area contributed by atoms with E-state index in [0.717, 1.165) is 6.42 Å². The number of phenolic OH excluding ortho intramolecular Hbond substituents is 1. The number of aryl methyl sites for hydroxylation is 2. The molecule has 0 saturated carbocycles. The Balaban J connectivity index is 2.92. The van der Waals surface area contributed by atoms with E-state index in [1.165, 1.54) is 0 Å². The highest BCUT2D eigenvalue weighted by molar-refractivity contribution is 7.92. The van der Waals surface area contributed by atoms with Crippen LogP contribution in [0.2, 0.25) is 0 Å². The van der Waals surface area contributed by atoms with Gasteiger partial charge in [-0.15, -0.1) is 0 Å². The number of hydrogen-bond donors (Lipinski definition) is 2. The predicted molar refractivity (Wildman–Crippen MR) is 69.9 cm³/mol. The van der Waals surface area contributed by atoms with E-state index in [1.807, 2.05) is 6.92 Å². The van der Waals surface area contributed by atoms with Crippen LogP contribution in [0.15, 0.2) is 12.1 Å². The number of nitrogens with one attached hydrogen (secondary N) is 1. The molecule has 1 aromatic rings. The second-order valence-corrected chi connectivity index (χ2v) is 6.07. The Morgan fingerprint density at radius 1 is 1.24 bits per heavy atom. The van der Waals surface area contributed by atoms with Crippen LogP contribution in [0.4, 0.5) is 5.69 Å². The van der Waals surface area contributed by atoms with Gasteiger partial charge in [-0.2, -0.15) is 0 Å². The van der Waals surface area contributed by atoms with Gasteiger partial charge >= 0.3 is 0 Å². The lowest BCUT2D eigenvalue weighted by Crippen LogP contribution is -2.17. The van der Waals surface area contributed by atoms with Crippen LogP contribution in [0, 0.1) is 13.8 Å². The van der Waals surface area contributed by atoms with E-state index in [9.17, 15) is 13.5 Å². The van der Waals surface area contributed by atoms with E-state index in [-0.39, 0.29) is 11.5 Å². The molecule has 0 saturated heterocycles. The Morgan fingerprint density at radius 3 is 2.47 bits per heavy atom. The minimum Gasteiger partial charge on any atom is -0.508 e. The van der Waals surface area contributed by atoms with Crippen molar-refractivity contribution in [2.75, 3.05) is 10.5 Å².